The van der Waals surface area contributed by atoms with E-state index < -0.39 is 11.3 Å². The fraction of sp³-hybridized carbons (Fsp3) is 1.00. The lowest BCUT2D eigenvalue weighted by Crippen LogP contribution is -2.33. The minimum atomic E-state index is -2.32. The fourth-order valence-corrected chi connectivity index (χ4v) is 2.60. The van der Waals surface area contributed by atoms with Crippen LogP contribution in [0.3, 0.4) is 0 Å². The molecule has 0 aromatic rings. The molecule has 0 nitrogen and oxygen atoms in total. The predicted molar refractivity (Wildman–Crippen MR) is 96.8 cm³/mol. The van der Waals surface area contributed by atoms with Crippen LogP contribution in [0.15, 0.2) is 0 Å². The molecule has 17 heavy (non-hydrogen) atoms. The summed E-state index contributed by atoms with van der Waals surface area (Å²) in [5, 5.41) is -0.967. The maximum Gasteiger partial charge on any atom is 0.343 e. The Hall–Kier alpha value is 2.26. The SMILES string of the molecule is CC(C)[Si](Br)(Br)C(C)(C)C.CC(C)[Si](Cl)(Cl)Cl. The van der Waals surface area contributed by atoms with Crippen LogP contribution in [0, 0.1) is 0 Å². The Labute approximate surface area is 138 Å². The zero-order valence-electron chi connectivity index (χ0n) is 11.5. The molecular formula is C10H23Br2Cl3Si2. The molecule has 0 aliphatic carbocycles. The summed E-state index contributed by atoms with van der Waals surface area (Å²) in [6, 6.07) is -2.32. The van der Waals surface area contributed by atoms with Gasteiger partial charge in [0.15, 0.2) is 0 Å². The van der Waals surface area contributed by atoms with Crippen LogP contribution in [0.4, 0.5) is 0 Å². The van der Waals surface area contributed by atoms with Crippen molar-refractivity contribution in [1.82, 2.24) is 0 Å². The lowest BCUT2D eigenvalue weighted by Gasteiger charge is -2.35. The molecule has 0 aliphatic heterocycles. The second-order valence-corrected chi connectivity index (χ2v) is 29.7. The summed E-state index contributed by atoms with van der Waals surface area (Å²) in [5.41, 5.74) is 0.963. The highest BCUT2D eigenvalue weighted by molar-refractivity contribution is 9.51. The Morgan fingerprint density at radius 3 is 1.06 bits per heavy atom. The van der Waals surface area contributed by atoms with E-state index in [0.717, 1.165) is 5.54 Å². The number of hydrogen-bond donors (Lipinski definition) is 0. The Morgan fingerprint density at radius 2 is 1.06 bits per heavy atom. The molecule has 0 aliphatic rings. The van der Waals surface area contributed by atoms with Gasteiger partial charge in [-0.05, 0) is 16.1 Å². The minimum absolute atomic E-state index is 0.234. The van der Waals surface area contributed by atoms with Crippen LogP contribution >= 0.6 is 63.8 Å². The normalized spacial score (nSPS) is 13.8. The molecule has 0 unspecified atom stereocenters. The zero-order chi connectivity index (χ0) is 14.7. The zero-order valence-corrected chi connectivity index (χ0v) is 19.0. The summed E-state index contributed by atoms with van der Waals surface area (Å²) in [6.45, 7) is 15.2. The molecular weight excluding hydrogens is 442 g/mol. The predicted octanol–water partition coefficient (Wildman–Crippen LogP) is 7.48. The van der Waals surface area contributed by atoms with E-state index in [1.54, 1.807) is 0 Å². The number of rotatable bonds is 2. The van der Waals surface area contributed by atoms with Crippen LogP contribution in [-0.2, 0) is 0 Å². The van der Waals surface area contributed by atoms with Crippen LogP contribution in [0.2, 0.25) is 16.1 Å². The van der Waals surface area contributed by atoms with E-state index in [4.69, 9.17) is 33.2 Å². The second kappa shape index (κ2) is 7.89. The van der Waals surface area contributed by atoms with E-state index >= 15 is 0 Å². The van der Waals surface area contributed by atoms with Gasteiger partial charge >= 0.3 is 6.00 Å². The lowest BCUT2D eigenvalue weighted by molar-refractivity contribution is 0.728. The van der Waals surface area contributed by atoms with Crippen LogP contribution in [0.1, 0.15) is 48.5 Å². The minimum Gasteiger partial charge on any atom is -0.126 e. The van der Waals surface area contributed by atoms with E-state index in [-0.39, 0.29) is 5.54 Å². The van der Waals surface area contributed by atoms with Crippen molar-refractivity contribution in [3.8, 4) is 0 Å². The summed E-state index contributed by atoms with van der Waals surface area (Å²) in [5.74, 6) is 0. The standard InChI is InChI=1S/C7H16Br2Si.C3H7Cl3Si/c1-6(2)10(8,9)7(3,4)5;1-3(2)7(4,5)6/h6H,1-5H3;3H,1-2H3. The van der Waals surface area contributed by atoms with Crippen molar-refractivity contribution in [3.05, 3.63) is 0 Å². The van der Waals surface area contributed by atoms with Gasteiger partial charge in [0.2, 0.25) is 5.31 Å². The fourth-order valence-electron chi connectivity index (χ4n) is 0.866. The highest BCUT2D eigenvalue weighted by Gasteiger charge is 2.42. The third-order valence-electron chi connectivity index (χ3n) is 2.38. The van der Waals surface area contributed by atoms with Crippen molar-refractivity contribution in [1.29, 1.82) is 0 Å². The first kappa shape index (κ1) is 21.6. The molecule has 0 amide bonds. The van der Waals surface area contributed by atoms with E-state index in [0.29, 0.717) is 5.04 Å². The summed E-state index contributed by atoms with van der Waals surface area (Å²) >= 11 is 24.3. The second-order valence-electron chi connectivity index (χ2n) is 5.72. The first-order valence-electron chi connectivity index (χ1n) is 5.58. The van der Waals surface area contributed by atoms with E-state index in [2.05, 4.69) is 65.2 Å². The summed E-state index contributed by atoms with van der Waals surface area (Å²) in [4.78, 5) is 0. The van der Waals surface area contributed by atoms with Crippen LogP contribution in [0.25, 0.3) is 0 Å². The van der Waals surface area contributed by atoms with Gasteiger partial charge in [-0.3, -0.25) is 0 Å². The van der Waals surface area contributed by atoms with Crippen LogP contribution < -0.4 is 0 Å². The van der Waals surface area contributed by atoms with Gasteiger partial charge in [-0.1, -0.05) is 48.5 Å². The monoisotopic (exact) mass is 462 g/mol. The number of hydrogen-bond acceptors (Lipinski definition) is 0. The number of halogens is 5. The molecule has 7 heteroatoms. The first-order chi connectivity index (χ1) is 7.14. The van der Waals surface area contributed by atoms with Gasteiger partial charge in [0, 0.05) is 0 Å². The molecule has 106 valence electrons. The van der Waals surface area contributed by atoms with Crippen molar-refractivity contribution in [2.75, 3.05) is 0 Å². The molecule has 0 saturated heterocycles. The van der Waals surface area contributed by atoms with Crippen molar-refractivity contribution >= 4 is 75.1 Å². The van der Waals surface area contributed by atoms with E-state index in [1.807, 2.05) is 13.8 Å². The molecule has 0 bridgehead atoms. The Balaban J connectivity index is 0. The average molecular weight is 466 g/mol. The molecule has 0 fully saturated rings. The topological polar surface area (TPSA) is 0 Å². The largest absolute Gasteiger partial charge is 0.343 e. The Morgan fingerprint density at radius 1 is 0.824 bits per heavy atom. The molecule has 0 rings (SSSR count). The molecule has 0 radical (unpaired) electrons. The molecule has 0 heterocycles. The van der Waals surface area contributed by atoms with Crippen molar-refractivity contribution in [3.63, 3.8) is 0 Å². The van der Waals surface area contributed by atoms with Gasteiger partial charge in [-0.15, -0.1) is 63.8 Å². The van der Waals surface area contributed by atoms with Crippen molar-refractivity contribution < 1.29 is 0 Å². The summed E-state index contributed by atoms with van der Waals surface area (Å²) < 4.78 is 0. The molecule has 0 saturated carbocycles. The van der Waals surface area contributed by atoms with Gasteiger partial charge in [0.05, 0.1) is 0 Å². The third-order valence-corrected chi connectivity index (χ3v) is 23.7. The van der Waals surface area contributed by atoms with Crippen molar-refractivity contribution in [2.45, 2.75) is 64.6 Å². The van der Waals surface area contributed by atoms with Crippen LogP contribution in [-0.4, -0.2) is 11.3 Å². The molecule has 0 spiro atoms. The van der Waals surface area contributed by atoms with Gasteiger partial charge < -0.3 is 0 Å². The Bertz CT molecular complexity index is 221. The molecule has 0 aromatic carbocycles. The smallest absolute Gasteiger partial charge is 0.126 e. The Kier molecular flexibility index (Phi) is 10.0. The van der Waals surface area contributed by atoms with E-state index in [9.17, 15) is 0 Å². The van der Waals surface area contributed by atoms with Gasteiger partial charge in [0.25, 0.3) is 0 Å². The van der Waals surface area contributed by atoms with E-state index in [1.165, 1.54) is 0 Å². The van der Waals surface area contributed by atoms with Gasteiger partial charge in [-0.25, -0.2) is 0 Å². The maximum absolute atomic E-state index is 5.54. The third kappa shape index (κ3) is 8.93. The van der Waals surface area contributed by atoms with Crippen LogP contribution in [0.5, 0.6) is 0 Å². The lowest BCUT2D eigenvalue weighted by atomic mass is 10.2. The maximum atomic E-state index is 5.54. The van der Waals surface area contributed by atoms with Gasteiger partial charge in [0.1, 0.15) is 0 Å². The molecule has 0 atom stereocenters. The van der Waals surface area contributed by atoms with Crippen molar-refractivity contribution in [2.24, 2.45) is 0 Å². The summed E-state index contributed by atoms with van der Waals surface area (Å²) in [7, 11) is 0. The highest BCUT2D eigenvalue weighted by atomic mass is 79.9. The molecule has 0 aromatic heterocycles. The molecule has 0 N–H and O–H groups in total. The highest BCUT2D eigenvalue weighted by Crippen LogP contribution is 2.51. The summed E-state index contributed by atoms with van der Waals surface area (Å²) in [6.07, 6.45) is 0. The quantitative estimate of drug-likeness (QED) is 0.293. The average Bonchev–Trinajstić information content (AvgIpc) is 2.00. The van der Waals surface area contributed by atoms with Gasteiger partial charge in [-0.2, -0.15) is 0 Å². The first-order valence-corrected chi connectivity index (χ1v) is 17.3.